The first-order valence-electron chi connectivity index (χ1n) is 5.02. The van der Waals surface area contributed by atoms with Crippen molar-refractivity contribution in [1.29, 1.82) is 0 Å². The Bertz CT molecular complexity index is 527. The van der Waals surface area contributed by atoms with Gasteiger partial charge in [0.05, 0.1) is 6.61 Å². The standard InChI is InChI=1S/C13H10Br2O2/c14-10-2-1-3-11(6-10)17-12-5-4-9(8-16)13(15)7-12/h1-7,16H,8H2. The summed E-state index contributed by atoms with van der Waals surface area (Å²) in [6.07, 6.45) is 0. The number of rotatable bonds is 3. The lowest BCUT2D eigenvalue weighted by Gasteiger charge is -2.08. The van der Waals surface area contributed by atoms with Gasteiger partial charge in [-0.1, -0.05) is 44.0 Å². The molecule has 0 aromatic heterocycles. The van der Waals surface area contributed by atoms with Crippen molar-refractivity contribution in [2.24, 2.45) is 0 Å². The van der Waals surface area contributed by atoms with E-state index in [4.69, 9.17) is 9.84 Å². The fourth-order valence-corrected chi connectivity index (χ4v) is 2.25. The monoisotopic (exact) mass is 356 g/mol. The Balaban J connectivity index is 2.22. The number of hydrogen-bond acceptors (Lipinski definition) is 2. The molecule has 0 atom stereocenters. The van der Waals surface area contributed by atoms with Crippen LogP contribution in [0.15, 0.2) is 51.4 Å². The van der Waals surface area contributed by atoms with E-state index in [2.05, 4.69) is 31.9 Å². The quantitative estimate of drug-likeness (QED) is 0.876. The average molecular weight is 358 g/mol. The second-order valence-corrected chi connectivity index (χ2v) is 5.24. The average Bonchev–Trinajstić information content (AvgIpc) is 2.29. The molecule has 0 fully saturated rings. The van der Waals surface area contributed by atoms with Crippen LogP contribution in [0.2, 0.25) is 0 Å². The van der Waals surface area contributed by atoms with Crippen molar-refractivity contribution in [2.75, 3.05) is 0 Å². The molecule has 0 saturated carbocycles. The van der Waals surface area contributed by atoms with Crippen molar-refractivity contribution in [2.45, 2.75) is 6.61 Å². The van der Waals surface area contributed by atoms with Gasteiger partial charge in [0.15, 0.2) is 0 Å². The molecule has 0 spiro atoms. The predicted molar refractivity (Wildman–Crippen MR) is 74.3 cm³/mol. The molecule has 2 rings (SSSR count). The Morgan fingerprint density at radius 2 is 1.76 bits per heavy atom. The summed E-state index contributed by atoms with van der Waals surface area (Å²) in [4.78, 5) is 0. The molecule has 2 aromatic rings. The maximum atomic E-state index is 9.06. The summed E-state index contributed by atoms with van der Waals surface area (Å²) >= 11 is 6.78. The van der Waals surface area contributed by atoms with Gasteiger partial charge in [0.25, 0.3) is 0 Å². The minimum Gasteiger partial charge on any atom is -0.457 e. The van der Waals surface area contributed by atoms with Gasteiger partial charge < -0.3 is 9.84 Å². The van der Waals surface area contributed by atoms with Gasteiger partial charge in [0.2, 0.25) is 0 Å². The molecule has 4 heteroatoms. The fraction of sp³-hybridized carbons (Fsp3) is 0.0769. The minimum atomic E-state index is 0.0117. The van der Waals surface area contributed by atoms with Gasteiger partial charge in [-0.25, -0.2) is 0 Å². The first-order chi connectivity index (χ1) is 8.19. The molecule has 0 unspecified atom stereocenters. The summed E-state index contributed by atoms with van der Waals surface area (Å²) in [6.45, 7) is 0.0117. The van der Waals surface area contributed by atoms with Crippen LogP contribution in [-0.2, 0) is 6.61 Å². The summed E-state index contributed by atoms with van der Waals surface area (Å²) in [6, 6.07) is 13.1. The van der Waals surface area contributed by atoms with Gasteiger partial charge in [-0.15, -0.1) is 0 Å². The lowest BCUT2D eigenvalue weighted by molar-refractivity contribution is 0.281. The third kappa shape index (κ3) is 3.31. The van der Waals surface area contributed by atoms with Gasteiger partial charge >= 0.3 is 0 Å². The largest absolute Gasteiger partial charge is 0.457 e. The molecule has 88 valence electrons. The van der Waals surface area contributed by atoms with Crippen LogP contribution in [0.25, 0.3) is 0 Å². The Labute approximate surface area is 116 Å². The van der Waals surface area contributed by atoms with Crippen molar-refractivity contribution in [1.82, 2.24) is 0 Å². The highest BCUT2D eigenvalue weighted by atomic mass is 79.9. The lowest BCUT2D eigenvalue weighted by Crippen LogP contribution is -1.88. The minimum absolute atomic E-state index is 0.0117. The van der Waals surface area contributed by atoms with E-state index >= 15 is 0 Å². The molecular formula is C13H10Br2O2. The van der Waals surface area contributed by atoms with Crippen LogP contribution >= 0.6 is 31.9 Å². The molecule has 0 bridgehead atoms. The molecule has 1 N–H and O–H groups in total. The topological polar surface area (TPSA) is 29.5 Å². The van der Waals surface area contributed by atoms with Crippen molar-refractivity contribution < 1.29 is 9.84 Å². The van der Waals surface area contributed by atoms with Crippen LogP contribution in [0.3, 0.4) is 0 Å². The van der Waals surface area contributed by atoms with Gasteiger partial charge in [0.1, 0.15) is 11.5 Å². The molecule has 17 heavy (non-hydrogen) atoms. The second-order valence-electron chi connectivity index (χ2n) is 3.47. The normalized spacial score (nSPS) is 10.3. The molecule has 0 amide bonds. The first-order valence-corrected chi connectivity index (χ1v) is 6.60. The lowest BCUT2D eigenvalue weighted by atomic mass is 10.2. The number of aliphatic hydroxyl groups is 1. The summed E-state index contributed by atoms with van der Waals surface area (Å²) in [5.74, 6) is 1.50. The predicted octanol–water partition coefficient (Wildman–Crippen LogP) is 4.50. The van der Waals surface area contributed by atoms with Crippen LogP contribution in [0.4, 0.5) is 0 Å². The summed E-state index contributed by atoms with van der Waals surface area (Å²) in [7, 11) is 0. The van der Waals surface area contributed by atoms with Crippen molar-refractivity contribution in [3.63, 3.8) is 0 Å². The molecule has 0 aliphatic rings. The van der Waals surface area contributed by atoms with E-state index in [-0.39, 0.29) is 6.61 Å². The third-order valence-electron chi connectivity index (χ3n) is 2.23. The highest BCUT2D eigenvalue weighted by Crippen LogP contribution is 2.28. The number of halogens is 2. The zero-order chi connectivity index (χ0) is 12.3. The van der Waals surface area contributed by atoms with Gasteiger partial charge in [-0.2, -0.15) is 0 Å². The highest BCUT2D eigenvalue weighted by Gasteiger charge is 2.02. The van der Waals surface area contributed by atoms with Gasteiger partial charge in [-0.05, 0) is 35.9 Å². The summed E-state index contributed by atoms with van der Waals surface area (Å²) in [5.41, 5.74) is 0.839. The molecular weight excluding hydrogens is 348 g/mol. The Morgan fingerprint density at radius 3 is 2.41 bits per heavy atom. The molecule has 0 heterocycles. The maximum Gasteiger partial charge on any atom is 0.128 e. The highest BCUT2D eigenvalue weighted by molar-refractivity contribution is 9.10. The summed E-state index contributed by atoms with van der Waals surface area (Å²) < 4.78 is 7.51. The van der Waals surface area contributed by atoms with E-state index in [1.807, 2.05) is 42.5 Å². The van der Waals surface area contributed by atoms with Crippen molar-refractivity contribution in [3.05, 3.63) is 57.0 Å². The van der Waals surface area contributed by atoms with Gasteiger partial charge in [0, 0.05) is 8.95 Å². The van der Waals surface area contributed by atoms with E-state index in [1.54, 1.807) is 0 Å². The second kappa shape index (κ2) is 5.67. The zero-order valence-corrected chi connectivity index (χ0v) is 12.0. The van der Waals surface area contributed by atoms with Crippen molar-refractivity contribution >= 4 is 31.9 Å². The number of benzene rings is 2. The Kier molecular flexibility index (Phi) is 4.20. The molecule has 0 saturated heterocycles. The molecule has 2 aromatic carbocycles. The Morgan fingerprint density at radius 1 is 1.00 bits per heavy atom. The zero-order valence-electron chi connectivity index (χ0n) is 8.86. The number of ether oxygens (including phenoxy) is 1. The maximum absolute atomic E-state index is 9.06. The van der Waals surface area contributed by atoms with E-state index in [0.717, 1.165) is 26.0 Å². The van der Waals surface area contributed by atoms with Crippen molar-refractivity contribution in [3.8, 4) is 11.5 Å². The molecule has 0 aliphatic heterocycles. The summed E-state index contributed by atoms with van der Waals surface area (Å²) in [5, 5.41) is 9.06. The van der Waals surface area contributed by atoms with Gasteiger partial charge in [-0.3, -0.25) is 0 Å². The third-order valence-corrected chi connectivity index (χ3v) is 3.46. The van der Waals surface area contributed by atoms with Crippen LogP contribution < -0.4 is 4.74 Å². The Hall–Kier alpha value is -0.840. The van der Waals surface area contributed by atoms with Crippen LogP contribution in [-0.4, -0.2) is 5.11 Å². The van der Waals surface area contributed by atoms with Crippen LogP contribution in [0.5, 0.6) is 11.5 Å². The number of hydrogen-bond donors (Lipinski definition) is 1. The molecule has 0 radical (unpaired) electrons. The number of aliphatic hydroxyl groups excluding tert-OH is 1. The van der Waals surface area contributed by atoms with E-state index in [0.29, 0.717) is 0 Å². The molecule has 0 aliphatic carbocycles. The smallest absolute Gasteiger partial charge is 0.128 e. The van der Waals surface area contributed by atoms with E-state index in [1.165, 1.54) is 0 Å². The van der Waals surface area contributed by atoms with E-state index in [9.17, 15) is 0 Å². The van der Waals surface area contributed by atoms with Crippen LogP contribution in [0, 0.1) is 0 Å². The first kappa shape index (κ1) is 12.6. The fourth-order valence-electron chi connectivity index (χ4n) is 1.39. The van der Waals surface area contributed by atoms with Crippen LogP contribution in [0.1, 0.15) is 5.56 Å². The van der Waals surface area contributed by atoms with E-state index < -0.39 is 0 Å². The SMILES string of the molecule is OCc1ccc(Oc2cccc(Br)c2)cc1Br. The molecule has 2 nitrogen and oxygen atoms in total.